The van der Waals surface area contributed by atoms with E-state index >= 15 is 0 Å². The van der Waals surface area contributed by atoms with E-state index in [1.54, 1.807) is 0 Å². The van der Waals surface area contributed by atoms with Gasteiger partial charge in [-0.1, -0.05) is 12.1 Å². The Morgan fingerprint density at radius 1 is 0.933 bits per heavy atom. The summed E-state index contributed by atoms with van der Waals surface area (Å²) in [6, 6.07) is 17.2. The first-order valence-corrected chi connectivity index (χ1v) is 4.13. The van der Waals surface area contributed by atoms with Crippen molar-refractivity contribution in [1.82, 2.24) is 0 Å². The molecule has 2 aromatic rings. The van der Waals surface area contributed by atoms with E-state index in [1.165, 1.54) is 12.1 Å². The Hall–Kier alpha value is -1.06. The number of benzene rings is 2. The molecule has 72 valence electrons. The molecular formula is C12H9FMgO. The topological polar surface area (TPSA) is 23.1 Å². The summed E-state index contributed by atoms with van der Waals surface area (Å²) in [5, 5.41) is 10.3. The Kier molecular flexibility index (Phi) is 7.68. The van der Waals surface area contributed by atoms with Crippen LogP contribution in [0.25, 0.3) is 0 Å². The first kappa shape index (κ1) is 13.9. The molecular weight excluding hydrogens is 203 g/mol. The van der Waals surface area contributed by atoms with Gasteiger partial charge in [0.05, 0.1) is 0 Å². The van der Waals surface area contributed by atoms with Crippen molar-refractivity contribution < 1.29 is 9.50 Å². The van der Waals surface area contributed by atoms with Crippen molar-refractivity contribution in [3.05, 3.63) is 66.5 Å². The second kappa shape index (κ2) is 8.26. The minimum atomic E-state index is -0.371. The fourth-order valence-electron chi connectivity index (χ4n) is 0.777. The number of rotatable bonds is 0. The monoisotopic (exact) mass is 212 g/mol. The van der Waals surface area contributed by atoms with Crippen LogP contribution in [-0.4, -0.2) is 23.1 Å². The molecule has 0 fully saturated rings. The van der Waals surface area contributed by atoms with E-state index in [0.29, 0.717) is 0 Å². The van der Waals surface area contributed by atoms with Crippen LogP contribution < -0.4 is 5.11 Å². The zero-order chi connectivity index (χ0) is 10.2. The summed E-state index contributed by atoms with van der Waals surface area (Å²) in [5.74, 6) is -0.531. The maximum absolute atomic E-state index is 11.9. The standard InChI is InChI=1S/C6H5FO.C6H5.Mg/c7-5-1-3-6(8)4-2-5;1-2-4-6-5-3-1;/h1-4,8H;1-5H;/q;-1;+2/p-1. The third-order valence-corrected chi connectivity index (χ3v) is 1.42. The van der Waals surface area contributed by atoms with E-state index in [2.05, 4.69) is 6.07 Å². The molecule has 0 amide bonds. The van der Waals surface area contributed by atoms with E-state index in [1.807, 2.05) is 30.3 Å². The third-order valence-electron chi connectivity index (χ3n) is 1.42. The van der Waals surface area contributed by atoms with Gasteiger partial charge in [-0.15, -0.1) is 5.75 Å². The smallest absolute Gasteiger partial charge is 0.872 e. The predicted molar refractivity (Wildman–Crippen MR) is 56.9 cm³/mol. The first-order valence-electron chi connectivity index (χ1n) is 4.13. The summed E-state index contributed by atoms with van der Waals surface area (Å²) in [5.41, 5.74) is 0. The molecule has 0 unspecified atom stereocenters. The van der Waals surface area contributed by atoms with Crippen LogP contribution in [0.4, 0.5) is 4.39 Å². The molecule has 0 aliphatic carbocycles. The van der Waals surface area contributed by atoms with Crippen LogP contribution in [0.5, 0.6) is 5.75 Å². The van der Waals surface area contributed by atoms with Gasteiger partial charge in [-0.3, -0.25) is 0 Å². The van der Waals surface area contributed by atoms with Crippen molar-refractivity contribution in [3.63, 3.8) is 0 Å². The summed E-state index contributed by atoms with van der Waals surface area (Å²) in [6.07, 6.45) is 0. The third kappa shape index (κ3) is 6.94. The van der Waals surface area contributed by atoms with Gasteiger partial charge in [0.1, 0.15) is 5.82 Å². The fraction of sp³-hybridized carbons (Fsp3) is 0. The maximum atomic E-state index is 11.9. The summed E-state index contributed by atoms with van der Waals surface area (Å²) in [4.78, 5) is 0. The van der Waals surface area contributed by atoms with Crippen LogP contribution in [0.2, 0.25) is 0 Å². The average Bonchev–Trinajstić information content (AvgIpc) is 2.26. The maximum Gasteiger partial charge on any atom is 2.00 e. The minimum absolute atomic E-state index is 0. The zero-order valence-electron chi connectivity index (χ0n) is 8.19. The van der Waals surface area contributed by atoms with Crippen LogP contribution >= 0.6 is 0 Å². The molecule has 0 radical (unpaired) electrons. The van der Waals surface area contributed by atoms with Crippen LogP contribution in [-0.2, 0) is 0 Å². The molecule has 0 heterocycles. The van der Waals surface area contributed by atoms with Crippen molar-refractivity contribution in [2.24, 2.45) is 0 Å². The van der Waals surface area contributed by atoms with Crippen molar-refractivity contribution in [3.8, 4) is 5.75 Å². The summed E-state index contributed by atoms with van der Waals surface area (Å²) < 4.78 is 11.9. The molecule has 3 heteroatoms. The molecule has 0 saturated heterocycles. The van der Waals surface area contributed by atoms with Gasteiger partial charge in [0.15, 0.2) is 0 Å². The van der Waals surface area contributed by atoms with Gasteiger partial charge in [0, 0.05) is 0 Å². The molecule has 1 nitrogen and oxygen atoms in total. The molecule has 0 N–H and O–H groups in total. The molecule has 0 saturated carbocycles. The Labute approximate surface area is 105 Å². The average molecular weight is 213 g/mol. The molecule has 0 aliphatic rings. The molecule has 15 heavy (non-hydrogen) atoms. The largest absolute Gasteiger partial charge is 2.00 e. The summed E-state index contributed by atoms with van der Waals surface area (Å²) >= 11 is 0. The second-order valence-electron chi connectivity index (χ2n) is 2.53. The normalized spacial score (nSPS) is 8.07. The van der Waals surface area contributed by atoms with E-state index in [9.17, 15) is 9.50 Å². The van der Waals surface area contributed by atoms with E-state index in [0.717, 1.165) is 12.1 Å². The van der Waals surface area contributed by atoms with Crippen LogP contribution in [0.15, 0.2) is 54.6 Å². The SMILES string of the molecule is [Mg+2].[O-]c1ccc(F)cc1.[c-]1ccccc1. The zero-order valence-corrected chi connectivity index (χ0v) is 9.60. The van der Waals surface area contributed by atoms with Gasteiger partial charge >= 0.3 is 23.1 Å². The van der Waals surface area contributed by atoms with Gasteiger partial charge in [-0.05, 0) is 12.1 Å². The van der Waals surface area contributed by atoms with Crippen LogP contribution in [0.1, 0.15) is 0 Å². The van der Waals surface area contributed by atoms with Gasteiger partial charge in [0.2, 0.25) is 0 Å². The van der Waals surface area contributed by atoms with E-state index in [4.69, 9.17) is 0 Å². The van der Waals surface area contributed by atoms with Gasteiger partial charge in [-0.2, -0.15) is 36.4 Å². The van der Waals surface area contributed by atoms with Gasteiger partial charge < -0.3 is 5.11 Å². The quantitative estimate of drug-likeness (QED) is 0.484. The molecule has 0 atom stereocenters. The molecule has 0 spiro atoms. The minimum Gasteiger partial charge on any atom is -0.872 e. The fourth-order valence-corrected chi connectivity index (χ4v) is 0.777. The van der Waals surface area contributed by atoms with Crippen molar-refractivity contribution >= 4 is 23.1 Å². The number of hydrogen-bond donors (Lipinski definition) is 0. The van der Waals surface area contributed by atoms with Crippen LogP contribution in [0, 0.1) is 11.9 Å². The number of halogens is 1. The van der Waals surface area contributed by atoms with Crippen molar-refractivity contribution in [2.45, 2.75) is 0 Å². The Bertz CT molecular complexity index is 300. The Morgan fingerprint density at radius 3 is 1.73 bits per heavy atom. The molecule has 2 aromatic carbocycles. The second-order valence-corrected chi connectivity index (χ2v) is 2.53. The first-order chi connectivity index (χ1) is 6.79. The van der Waals surface area contributed by atoms with Crippen molar-refractivity contribution in [1.29, 1.82) is 0 Å². The molecule has 2 rings (SSSR count). The molecule has 0 aliphatic heterocycles. The predicted octanol–water partition coefficient (Wildman–Crippen LogP) is 2.01. The molecule has 0 bridgehead atoms. The Balaban J connectivity index is 0.000000253. The van der Waals surface area contributed by atoms with Crippen molar-refractivity contribution in [2.75, 3.05) is 0 Å². The van der Waals surface area contributed by atoms with E-state index in [-0.39, 0.29) is 34.6 Å². The molecule has 0 aromatic heterocycles. The van der Waals surface area contributed by atoms with Crippen LogP contribution in [0.3, 0.4) is 0 Å². The van der Waals surface area contributed by atoms with Gasteiger partial charge in [-0.25, -0.2) is 4.39 Å². The summed E-state index contributed by atoms with van der Waals surface area (Å²) in [7, 11) is 0. The summed E-state index contributed by atoms with van der Waals surface area (Å²) in [6.45, 7) is 0. The Morgan fingerprint density at radius 2 is 1.47 bits per heavy atom. The number of hydrogen-bond acceptors (Lipinski definition) is 1. The van der Waals surface area contributed by atoms with E-state index < -0.39 is 0 Å². The van der Waals surface area contributed by atoms with Gasteiger partial charge in [0.25, 0.3) is 0 Å².